The van der Waals surface area contributed by atoms with Crippen LogP contribution in [0, 0.1) is 0 Å². The number of nitrogens with one attached hydrogen (secondary N) is 1. The molecule has 2 unspecified atom stereocenters. The third kappa shape index (κ3) is 5.58. The molecule has 3 heteroatoms. The maximum absolute atomic E-state index is 5.49. The molecular formula is C18H31NO2. The van der Waals surface area contributed by atoms with Gasteiger partial charge in [-0.15, -0.1) is 0 Å². The van der Waals surface area contributed by atoms with Gasteiger partial charge in [-0.05, 0) is 38.0 Å². The standard InChI is InChI=1S/C18H31NO2/c1-6-8-10-15(9-7-2)19-14(3)17-13-16(20-4)11-12-18(17)21-5/h11-15,19H,6-10H2,1-5H3. The van der Waals surface area contributed by atoms with Gasteiger partial charge in [0.05, 0.1) is 14.2 Å². The highest BCUT2D eigenvalue weighted by molar-refractivity contribution is 5.42. The zero-order valence-corrected chi connectivity index (χ0v) is 14.2. The Kier molecular flexibility index (Phi) is 8.21. The van der Waals surface area contributed by atoms with Crippen molar-refractivity contribution in [3.05, 3.63) is 23.8 Å². The fraction of sp³-hybridized carbons (Fsp3) is 0.667. The predicted octanol–water partition coefficient (Wildman–Crippen LogP) is 4.71. The number of ether oxygens (including phenoxy) is 2. The lowest BCUT2D eigenvalue weighted by Gasteiger charge is -2.25. The lowest BCUT2D eigenvalue weighted by Crippen LogP contribution is -2.31. The fourth-order valence-corrected chi connectivity index (χ4v) is 2.73. The Labute approximate surface area is 130 Å². The van der Waals surface area contributed by atoms with Crippen LogP contribution in [0.1, 0.15) is 64.5 Å². The van der Waals surface area contributed by atoms with Crippen molar-refractivity contribution < 1.29 is 9.47 Å². The molecule has 0 fully saturated rings. The van der Waals surface area contributed by atoms with Gasteiger partial charge in [-0.2, -0.15) is 0 Å². The van der Waals surface area contributed by atoms with E-state index in [4.69, 9.17) is 9.47 Å². The van der Waals surface area contributed by atoms with Crippen molar-refractivity contribution in [1.29, 1.82) is 0 Å². The third-order valence-corrected chi connectivity index (χ3v) is 3.93. The van der Waals surface area contributed by atoms with Crippen molar-refractivity contribution in [1.82, 2.24) is 5.32 Å². The predicted molar refractivity (Wildman–Crippen MR) is 89.3 cm³/mol. The Morgan fingerprint density at radius 1 is 1.05 bits per heavy atom. The second-order valence-corrected chi connectivity index (χ2v) is 5.62. The lowest BCUT2D eigenvalue weighted by molar-refractivity contribution is 0.369. The minimum atomic E-state index is 0.253. The van der Waals surface area contributed by atoms with Crippen molar-refractivity contribution in [3.63, 3.8) is 0 Å². The molecule has 1 aromatic rings. The average molecular weight is 293 g/mol. The maximum atomic E-state index is 5.49. The minimum absolute atomic E-state index is 0.253. The van der Waals surface area contributed by atoms with Gasteiger partial charge in [0.25, 0.3) is 0 Å². The zero-order valence-electron chi connectivity index (χ0n) is 14.2. The van der Waals surface area contributed by atoms with Crippen LogP contribution in [0.2, 0.25) is 0 Å². The molecule has 1 rings (SSSR count). The largest absolute Gasteiger partial charge is 0.497 e. The molecule has 0 aliphatic carbocycles. The fourth-order valence-electron chi connectivity index (χ4n) is 2.73. The van der Waals surface area contributed by atoms with E-state index < -0.39 is 0 Å². The summed E-state index contributed by atoms with van der Waals surface area (Å²) < 4.78 is 10.8. The number of rotatable bonds is 10. The highest BCUT2D eigenvalue weighted by atomic mass is 16.5. The smallest absolute Gasteiger partial charge is 0.123 e. The molecule has 3 nitrogen and oxygen atoms in total. The average Bonchev–Trinajstić information content (AvgIpc) is 2.51. The van der Waals surface area contributed by atoms with E-state index in [1.54, 1.807) is 14.2 Å². The van der Waals surface area contributed by atoms with E-state index in [9.17, 15) is 0 Å². The highest BCUT2D eigenvalue weighted by Gasteiger charge is 2.16. The summed E-state index contributed by atoms with van der Waals surface area (Å²) in [6, 6.07) is 6.81. The van der Waals surface area contributed by atoms with Crippen LogP contribution in [0.5, 0.6) is 11.5 Å². The van der Waals surface area contributed by atoms with Crippen molar-refractivity contribution in [2.24, 2.45) is 0 Å². The first-order valence-electron chi connectivity index (χ1n) is 8.14. The Morgan fingerprint density at radius 3 is 2.38 bits per heavy atom. The lowest BCUT2D eigenvalue weighted by atomic mass is 10.0. The molecule has 2 atom stereocenters. The summed E-state index contributed by atoms with van der Waals surface area (Å²) in [6.07, 6.45) is 6.19. The van der Waals surface area contributed by atoms with Crippen molar-refractivity contribution in [3.8, 4) is 11.5 Å². The molecule has 1 aromatic carbocycles. The number of methoxy groups -OCH3 is 2. The monoisotopic (exact) mass is 293 g/mol. The van der Waals surface area contributed by atoms with E-state index in [0.717, 1.165) is 17.1 Å². The van der Waals surface area contributed by atoms with Crippen LogP contribution in [0.25, 0.3) is 0 Å². The second kappa shape index (κ2) is 9.67. The van der Waals surface area contributed by atoms with Crippen molar-refractivity contribution >= 4 is 0 Å². The SMILES string of the molecule is CCCCC(CCC)NC(C)c1cc(OC)ccc1OC. The van der Waals surface area contributed by atoms with Gasteiger partial charge < -0.3 is 14.8 Å². The Balaban J connectivity index is 2.82. The molecule has 0 radical (unpaired) electrons. The van der Waals surface area contributed by atoms with Crippen LogP contribution >= 0.6 is 0 Å². The van der Waals surface area contributed by atoms with Gasteiger partial charge in [0.1, 0.15) is 11.5 Å². The summed E-state index contributed by atoms with van der Waals surface area (Å²) >= 11 is 0. The first kappa shape index (κ1) is 17.8. The van der Waals surface area contributed by atoms with E-state index in [2.05, 4.69) is 32.2 Å². The normalized spacial score (nSPS) is 13.8. The Morgan fingerprint density at radius 2 is 1.81 bits per heavy atom. The number of benzene rings is 1. The van der Waals surface area contributed by atoms with E-state index in [1.165, 1.54) is 32.1 Å². The molecule has 0 spiro atoms. The Bertz CT molecular complexity index is 406. The molecule has 0 heterocycles. The van der Waals surface area contributed by atoms with Gasteiger partial charge in [0.2, 0.25) is 0 Å². The van der Waals surface area contributed by atoms with Gasteiger partial charge in [-0.1, -0.05) is 33.1 Å². The van der Waals surface area contributed by atoms with Crippen molar-refractivity contribution in [2.75, 3.05) is 14.2 Å². The molecule has 0 aliphatic heterocycles. The topological polar surface area (TPSA) is 30.5 Å². The number of hydrogen-bond donors (Lipinski definition) is 1. The molecular weight excluding hydrogens is 262 g/mol. The molecule has 1 N–H and O–H groups in total. The molecule has 0 saturated heterocycles. The molecule has 0 aromatic heterocycles. The van der Waals surface area contributed by atoms with E-state index in [-0.39, 0.29) is 6.04 Å². The second-order valence-electron chi connectivity index (χ2n) is 5.62. The van der Waals surface area contributed by atoms with Crippen LogP contribution in [-0.4, -0.2) is 20.3 Å². The summed E-state index contributed by atoms with van der Waals surface area (Å²) in [4.78, 5) is 0. The summed E-state index contributed by atoms with van der Waals surface area (Å²) in [5, 5.41) is 3.76. The van der Waals surface area contributed by atoms with E-state index in [0.29, 0.717) is 6.04 Å². The van der Waals surface area contributed by atoms with Gasteiger partial charge in [0, 0.05) is 17.6 Å². The van der Waals surface area contributed by atoms with Crippen LogP contribution in [0.4, 0.5) is 0 Å². The molecule has 0 amide bonds. The molecule has 0 aliphatic rings. The summed E-state index contributed by atoms with van der Waals surface area (Å²) in [5.74, 6) is 1.79. The van der Waals surface area contributed by atoms with Crippen molar-refractivity contribution in [2.45, 2.75) is 65.0 Å². The maximum Gasteiger partial charge on any atom is 0.123 e. The van der Waals surface area contributed by atoms with Crippen LogP contribution < -0.4 is 14.8 Å². The van der Waals surface area contributed by atoms with Gasteiger partial charge in [-0.3, -0.25) is 0 Å². The minimum Gasteiger partial charge on any atom is -0.497 e. The number of unbranched alkanes of at least 4 members (excludes halogenated alkanes) is 1. The first-order valence-corrected chi connectivity index (χ1v) is 8.14. The molecule has 0 bridgehead atoms. The molecule has 120 valence electrons. The summed E-state index contributed by atoms with van der Waals surface area (Å²) in [7, 11) is 3.42. The summed E-state index contributed by atoms with van der Waals surface area (Å²) in [5.41, 5.74) is 1.16. The van der Waals surface area contributed by atoms with E-state index in [1.807, 2.05) is 12.1 Å². The Hall–Kier alpha value is -1.22. The van der Waals surface area contributed by atoms with Crippen LogP contribution in [0.3, 0.4) is 0 Å². The van der Waals surface area contributed by atoms with Gasteiger partial charge >= 0.3 is 0 Å². The van der Waals surface area contributed by atoms with Crippen LogP contribution in [-0.2, 0) is 0 Å². The number of hydrogen-bond acceptors (Lipinski definition) is 3. The van der Waals surface area contributed by atoms with E-state index >= 15 is 0 Å². The quantitative estimate of drug-likeness (QED) is 0.677. The first-order chi connectivity index (χ1) is 10.2. The van der Waals surface area contributed by atoms with Gasteiger partial charge in [-0.25, -0.2) is 0 Å². The third-order valence-electron chi connectivity index (χ3n) is 3.93. The van der Waals surface area contributed by atoms with Gasteiger partial charge in [0.15, 0.2) is 0 Å². The highest BCUT2D eigenvalue weighted by Crippen LogP contribution is 2.30. The zero-order chi connectivity index (χ0) is 15.7. The molecule has 21 heavy (non-hydrogen) atoms. The summed E-state index contributed by atoms with van der Waals surface area (Å²) in [6.45, 7) is 6.70. The van der Waals surface area contributed by atoms with Crippen LogP contribution in [0.15, 0.2) is 18.2 Å². The molecule has 0 saturated carbocycles.